The first-order valence-corrected chi connectivity index (χ1v) is 5.32. The molecule has 1 saturated heterocycles. The Labute approximate surface area is 96.2 Å². The quantitative estimate of drug-likeness (QED) is 0.686. The molecule has 4 nitrogen and oxygen atoms in total. The molecule has 0 aromatic carbocycles. The second kappa shape index (κ2) is 5.03. The van der Waals surface area contributed by atoms with Gasteiger partial charge in [0.05, 0.1) is 0 Å². The van der Waals surface area contributed by atoms with Gasteiger partial charge in [-0.3, -0.25) is 4.79 Å². The molecule has 0 atom stereocenters. The van der Waals surface area contributed by atoms with Crippen molar-refractivity contribution < 1.29 is 27.9 Å². The fraction of sp³-hybridized carbons (Fsp3) is 0.800. The summed E-state index contributed by atoms with van der Waals surface area (Å²) in [4.78, 5) is 19.9. The molecule has 0 amide bonds. The van der Waals surface area contributed by atoms with Crippen LogP contribution in [0.25, 0.3) is 0 Å². The molecule has 1 heterocycles. The maximum atomic E-state index is 11.0. The maximum absolute atomic E-state index is 11.0. The minimum atomic E-state index is -5.08. The van der Waals surface area contributed by atoms with E-state index in [1.165, 1.54) is 19.3 Å². The zero-order chi connectivity index (χ0) is 13.1. The predicted molar refractivity (Wildman–Crippen MR) is 52.5 cm³/mol. The largest absolute Gasteiger partial charge is 0.490 e. The normalized spacial score (nSPS) is 22.4. The first-order chi connectivity index (χ1) is 7.75. The second-order valence-electron chi connectivity index (χ2n) is 4.33. The first-order valence-electron chi connectivity index (χ1n) is 5.32. The molecule has 98 valence electrons. The number of hydrogen-bond acceptors (Lipinski definition) is 3. The van der Waals surface area contributed by atoms with Gasteiger partial charge >= 0.3 is 12.1 Å². The van der Waals surface area contributed by atoms with Crippen LogP contribution in [0.5, 0.6) is 0 Å². The molecule has 2 N–H and O–H groups in total. The number of hydrogen-bond donors (Lipinski definition) is 2. The minimum absolute atomic E-state index is 0.273. The highest BCUT2D eigenvalue weighted by atomic mass is 19.4. The Kier molecular flexibility index (Phi) is 4.13. The van der Waals surface area contributed by atoms with Crippen LogP contribution in [0.4, 0.5) is 13.2 Å². The average molecular weight is 253 g/mol. The summed E-state index contributed by atoms with van der Waals surface area (Å²) >= 11 is 0. The van der Waals surface area contributed by atoms with Gasteiger partial charge < -0.3 is 10.4 Å². The highest BCUT2D eigenvalue weighted by molar-refractivity contribution is 5.80. The van der Waals surface area contributed by atoms with Crippen LogP contribution in [0, 0.1) is 0 Å². The zero-order valence-electron chi connectivity index (χ0n) is 9.14. The summed E-state index contributed by atoms with van der Waals surface area (Å²) in [7, 11) is 0. The third-order valence-corrected chi connectivity index (χ3v) is 2.99. The molecule has 1 aliphatic heterocycles. The van der Waals surface area contributed by atoms with Crippen molar-refractivity contribution in [2.45, 2.75) is 43.8 Å². The van der Waals surface area contributed by atoms with Crippen LogP contribution in [0.1, 0.15) is 32.1 Å². The van der Waals surface area contributed by atoms with E-state index < -0.39 is 12.1 Å². The second-order valence-corrected chi connectivity index (χ2v) is 4.33. The van der Waals surface area contributed by atoms with E-state index in [0.717, 1.165) is 19.4 Å². The van der Waals surface area contributed by atoms with Crippen molar-refractivity contribution in [3.8, 4) is 0 Å². The molecule has 2 aliphatic rings. The van der Waals surface area contributed by atoms with E-state index in [4.69, 9.17) is 9.90 Å². The van der Waals surface area contributed by atoms with Gasteiger partial charge in [-0.2, -0.15) is 13.2 Å². The number of carbonyl (C=O) groups excluding carboxylic acids is 1. The first kappa shape index (κ1) is 14.0. The molecule has 0 aromatic rings. The summed E-state index contributed by atoms with van der Waals surface area (Å²) in [5, 5.41) is 10.6. The molecule has 2 rings (SSSR count). The molecular weight excluding hydrogens is 239 g/mol. The number of ketones is 1. The monoisotopic (exact) mass is 253 g/mol. The number of nitrogens with one attached hydrogen (secondary N) is 1. The molecular formula is C10H14F3NO3. The summed E-state index contributed by atoms with van der Waals surface area (Å²) in [6.45, 7) is 0.916. The number of halogens is 3. The van der Waals surface area contributed by atoms with E-state index in [1.54, 1.807) is 0 Å². The van der Waals surface area contributed by atoms with Gasteiger partial charge in [0.2, 0.25) is 0 Å². The molecule has 17 heavy (non-hydrogen) atoms. The molecule has 1 spiro atoms. The van der Waals surface area contributed by atoms with Gasteiger partial charge in [0.1, 0.15) is 5.78 Å². The third-order valence-electron chi connectivity index (χ3n) is 2.99. The van der Waals surface area contributed by atoms with Gasteiger partial charge in [0.15, 0.2) is 0 Å². The Morgan fingerprint density at radius 3 is 2.12 bits per heavy atom. The van der Waals surface area contributed by atoms with Crippen molar-refractivity contribution >= 4 is 11.8 Å². The smallest absolute Gasteiger partial charge is 0.475 e. The van der Waals surface area contributed by atoms with Crippen LogP contribution in [0.15, 0.2) is 0 Å². The maximum Gasteiger partial charge on any atom is 0.490 e. The van der Waals surface area contributed by atoms with Gasteiger partial charge in [-0.25, -0.2) is 4.79 Å². The van der Waals surface area contributed by atoms with Crippen molar-refractivity contribution in [3.05, 3.63) is 0 Å². The molecule has 1 saturated carbocycles. The Hall–Kier alpha value is -1.11. The number of aliphatic carboxylic acids is 1. The van der Waals surface area contributed by atoms with E-state index in [-0.39, 0.29) is 5.54 Å². The highest BCUT2D eigenvalue weighted by Crippen LogP contribution is 2.36. The molecule has 0 bridgehead atoms. The average Bonchev–Trinajstić information content (AvgIpc) is 2.15. The summed E-state index contributed by atoms with van der Waals surface area (Å²) in [5.74, 6) is -2.30. The SMILES string of the molecule is O=C(O)C(F)(F)F.O=C1CCNC2(CCC2)C1. The summed E-state index contributed by atoms with van der Waals surface area (Å²) in [6.07, 6.45) is 0.215. The van der Waals surface area contributed by atoms with Crippen molar-refractivity contribution in [2.24, 2.45) is 0 Å². The fourth-order valence-corrected chi connectivity index (χ4v) is 1.95. The van der Waals surface area contributed by atoms with Crippen LogP contribution in [0.2, 0.25) is 0 Å². The zero-order valence-corrected chi connectivity index (χ0v) is 9.14. The lowest BCUT2D eigenvalue weighted by Gasteiger charge is -2.45. The third kappa shape index (κ3) is 3.99. The molecule has 0 radical (unpaired) electrons. The lowest BCUT2D eigenvalue weighted by Crippen LogP contribution is -2.55. The standard InChI is InChI=1S/C8H13NO.C2HF3O2/c10-7-2-5-9-8(6-7)3-1-4-8;3-2(4,5)1(6)7/h9H,1-6H2;(H,6,7). The summed E-state index contributed by atoms with van der Waals surface area (Å²) in [6, 6.07) is 0. The molecule has 0 aromatic heterocycles. The van der Waals surface area contributed by atoms with Gasteiger partial charge in [0, 0.05) is 24.9 Å². The number of rotatable bonds is 0. The number of carbonyl (C=O) groups is 2. The van der Waals surface area contributed by atoms with Crippen molar-refractivity contribution in [2.75, 3.05) is 6.54 Å². The van der Waals surface area contributed by atoms with Crippen LogP contribution >= 0.6 is 0 Å². The summed E-state index contributed by atoms with van der Waals surface area (Å²) in [5.41, 5.74) is 0.273. The van der Waals surface area contributed by atoms with E-state index in [9.17, 15) is 18.0 Å². The van der Waals surface area contributed by atoms with E-state index >= 15 is 0 Å². The van der Waals surface area contributed by atoms with Crippen LogP contribution in [-0.2, 0) is 9.59 Å². The van der Waals surface area contributed by atoms with Crippen molar-refractivity contribution in [3.63, 3.8) is 0 Å². The molecule has 2 fully saturated rings. The number of carboxylic acid groups (broad SMARTS) is 1. The van der Waals surface area contributed by atoms with Crippen molar-refractivity contribution in [1.82, 2.24) is 5.32 Å². The van der Waals surface area contributed by atoms with Gasteiger partial charge in [-0.15, -0.1) is 0 Å². The summed E-state index contributed by atoms with van der Waals surface area (Å²) < 4.78 is 31.7. The number of carboxylic acids is 1. The topological polar surface area (TPSA) is 66.4 Å². The number of piperidine rings is 1. The van der Waals surface area contributed by atoms with Gasteiger partial charge in [0.25, 0.3) is 0 Å². The molecule has 7 heteroatoms. The Morgan fingerprint density at radius 1 is 1.35 bits per heavy atom. The van der Waals surface area contributed by atoms with E-state index in [2.05, 4.69) is 5.32 Å². The minimum Gasteiger partial charge on any atom is -0.475 e. The fourth-order valence-electron chi connectivity index (χ4n) is 1.95. The Balaban J connectivity index is 0.000000185. The Bertz CT molecular complexity index is 310. The van der Waals surface area contributed by atoms with E-state index in [0.29, 0.717) is 5.78 Å². The van der Waals surface area contributed by atoms with Gasteiger partial charge in [-0.05, 0) is 19.3 Å². The molecule has 1 aliphatic carbocycles. The van der Waals surface area contributed by atoms with E-state index in [1.807, 2.05) is 0 Å². The predicted octanol–water partition coefficient (Wildman–Crippen LogP) is 1.49. The highest BCUT2D eigenvalue weighted by Gasteiger charge is 2.40. The molecule has 0 unspecified atom stereocenters. The van der Waals surface area contributed by atoms with Crippen LogP contribution in [-0.4, -0.2) is 35.1 Å². The van der Waals surface area contributed by atoms with Gasteiger partial charge in [-0.1, -0.05) is 0 Å². The number of Topliss-reactive ketones (excluding diaryl/α,β-unsaturated/α-hetero) is 1. The van der Waals surface area contributed by atoms with Crippen molar-refractivity contribution in [1.29, 1.82) is 0 Å². The lowest BCUT2D eigenvalue weighted by molar-refractivity contribution is -0.192. The Morgan fingerprint density at radius 2 is 1.88 bits per heavy atom. The van der Waals surface area contributed by atoms with Crippen LogP contribution < -0.4 is 5.32 Å². The lowest BCUT2D eigenvalue weighted by atomic mass is 9.71. The number of alkyl halides is 3. The van der Waals surface area contributed by atoms with Crippen LogP contribution in [0.3, 0.4) is 0 Å².